The topological polar surface area (TPSA) is 83.8 Å². The van der Waals surface area contributed by atoms with E-state index in [9.17, 15) is 32.4 Å². The van der Waals surface area contributed by atoms with Crippen molar-refractivity contribution in [3.8, 4) is 11.5 Å². The molecule has 0 amide bonds. The molecule has 0 saturated carbocycles. The molecule has 0 heterocycles. The van der Waals surface area contributed by atoms with Gasteiger partial charge in [0.05, 0.1) is 23.0 Å². The highest BCUT2D eigenvalue weighted by Crippen LogP contribution is 2.43. The van der Waals surface area contributed by atoms with Gasteiger partial charge in [-0.1, -0.05) is 48.5 Å². The summed E-state index contributed by atoms with van der Waals surface area (Å²) in [5.41, 5.74) is 3.53. The molecule has 0 saturated heterocycles. The zero-order valence-corrected chi connectivity index (χ0v) is 24.5. The van der Waals surface area contributed by atoms with E-state index in [0.717, 1.165) is 40.8 Å². The predicted octanol–water partition coefficient (Wildman–Crippen LogP) is 7.73. The van der Waals surface area contributed by atoms with E-state index in [0.29, 0.717) is 47.0 Å². The van der Waals surface area contributed by atoms with Gasteiger partial charge in [0, 0.05) is 17.1 Å². The molecular formula is C35H31F3O5S. The van der Waals surface area contributed by atoms with Gasteiger partial charge in [-0.15, -0.1) is 0 Å². The van der Waals surface area contributed by atoms with Crippen LogP contribution in [0.4, 0.5) is 13.2 Å². The van der Waals surface area contributed by atoms with Crippen LogP contribution >= 0.6 is 0 Å². The molecule has 5 nitrogen and oxygen atoms in total. The summed E-state index contributed by atoms with van der Waals surface area (Å²) in [6.45, 7) is 0.438. The second-order valence-corrected chi connectivity index (χ2v) is 12.1. The fourth-order valence-corrected chi connectivity index (χ4v) is 6.39. The van der Waals surface area contributed by atoms with Gasteiger partial charge in [-0.3, -0.25) is 9.00 Å². The Morgan fingerprint density at radius 3 is 2.23 bits per heavy atom. The van der Waals surface area contributed by atoms with Crippen molar-refractivity contribution in [2.75, 3.05) is 12.4 Å². The second-order valence-electron chi connectivity index (χ2n) is 10.5. The van der Waals surface area contributed by atoms with E-state index < -0.39 is 28.6 Å². The number of Topliss-reactive ketones (excluding diaryl/α,β-unsaturated/α-hetero) is 1. The first kappa shape index (κ1) is 31.2. The molecule has 1 aliphatic carbocycles. The summed E-state index contributed by atoms with van der Waals surface area (Å²) in [5, 5.41) is 20.9. The van der Waals surface area contributed by atoms with E-state index in [-0.39, 0.29) is 18.0 Å². The van der Waals surface area contributed by atoms with Gasteiger partial charge in [-0.25, -0.2) is 0 Å². The van der Waals surface area contributed by atoms with Gasteiger partial charge in [0.25, 0.3) is 0 Å². The maximum Gasteiger partial charge on any atom is 0.416 e. The number of phenolic OH excluding ortho intramolecular Hbond substituents is 1. The molecule has 2 atom stereocenters. The SMILES string of the molecule is O=C1CC(c2ccccc2)=C(c2ccc(OCCCCCS(=O)c3ccc(C(F)(F)F)cc3)cc2)c2ccc(O)cc2C1O. The molecule has 0 aromatic heterocycles. The number of fused-ring (bicyclic) bond motifs is 1. The number of aliphatic hydroxyl groups excluding tert-OH is 1. The first-order valence-electron chi connectivity index (χ1n) is 14.2. The molecule has 0 bridgehead atoms. The quantitative estimate of drug-likeness (QED) is 0.177. The summed E-state index contributed by atoms with van der Waals surface area (Å²) in [6.07, 6.45) is -3.64. The minimum absolute atomic E-state index is 0.0257. The third-order valence-electron chi connectivity index (χ3n) is 7.51. The standard InChI is InChI=1S/C35H31F3O5S/c36-35(37,38)25-11-16-28(17-12-25)44(42)20-6-2-5-19-43-27-14-9-24(10-15-27)33-29-18-13-26(39)21-31(29)34(41)32(40)22-30(33)23-7-3-1-4-8-23/h1,3-4,7-18,21,34,39,41H,2,5-6,19-20,22H2. The molecule has 0 fully saturated rings. The van der Waals surface area contributed by atoms with Crippen LogP contribution in [0.5, 0.6) is 11.5 Å². The Hall–Kier alpha value is -4.21. The second kappa shape index (κ2) is 13.6. The van der Waals surface area contributed by atoms with Crippen LogP contribution in [0.3, 0.4) is 0 Å². The Labute approximate surface area is 256 Å². The number of allylic oxidation sites excluding steroid dienone is 1. The molecule has 0 aliphatic heterocycles. The summed E-state index contributed by atoms with van der Waals surface area (Å²) in [4.78, 5) is 13.4. The van der Waals surface area contributed by atoms with Crippen LogP contribution in [-0.4, -0.2) is 32.6 Å². The smallest absolute Gasteiger partial charge is 0.416 e. The maximum absolute atomic E-state index is 13.0. The lowest BCUT2D eigenvalue weighted by atomic mass is 9.87. The van der Waals surface area contributed by atoms with Gasteiger partial charge < -0.3 is 14.9 Å². The van der Waals surface area contributed by atoms with Crippen LogP contribution in [0.1, 0.15) is 59.6 Å². The number of unbranched alkanes of at least 4 members (excludes halogenated alkanes) is 2. The van der Waals surface area contributed by atoms with Crippen molar-refractivity contribution in [3.63, 3.8) is 0 Å². The summed E-state index contributed by atoms with van der Waals surface area (Å²) >= 11 is 0. The third-order valence-corrected chi connectivity index (χ3v) is 8.97. The minimum Gasteiger partial charge on any atom is -0.508 e. The number of aliphatic hydroxyl groups is 1. The number of benzene rings is 4. The van der Waals surface area contributed by atoms with E-state index >= 15 is 0 Å². The van der Waals surface area contributed by atoms with Crippen molar-refractivity contribution < 1.29 is 37.1 Å². The molecule has 2 unspecified atom stereocenters. The molecule has 0 radical (unpaired) electrons. The number of ether oxygens (including phenoxy) is 1. The van der Waals surface area contributed by atoms with Crippen molar-refractivity contribution in [1.29, 1.82) is 0 Å². The highest BCUT2D eigenvalue weighted by Gasteiger charge is 2.31. The molecule has 2 N–H and O–H groups in total. The van der Waals surface area contributed by atoms with E-state index in [1.54, 1.807) is 12.1 Å². The Balaban J connectivity index is 1.23. The van der Waals surface area contributed by atoms with Crippen molar-refractivity contribution in [1.82, 2.24) is 0 Å². The summed E-state index contributed by atoms with van der Waals surface area (Å²) < 4.78 is 56.6. The molecule has 9 heteroatoms. The third kappa shape index (κ3) is 7.29. The number of alkyl halides is 3. The lowest BCUT2D eigenvalue weighted by molar-refractivity contribution is -0.137. The van der Waals surface area contributed by atoms with Gasteiger partial charge >= 0.3 is 6.18 Å². The van der Waals surface area contributed by atoms with Crippen LogP contribution in [0.25, 0.3) is 11.1 Å². The number of rotatable bonds is 10. The zero-order valence-electron chi connectivity index (χ0n) is 23.7. The normalized spacial score (nSPS) is 15.9. The van der Waals surface area contributed by atoms with E-state index in [4.69, 9.17) is 4.74 Å². The van der Waals surface area contributed by atoms with Gasteiger partial charge in [-0.2, -0.15) is 13.2 Å². The van der Waals surface area contributed by atoms with Crippen LogP contribution < -0.4 is 4.74 Å². The molecule has 228 valence electrons. The summed E-state index contributed by atoms with van der Waals surface area (Å²) in [7, 11) is -1.37. The molecule has 4 aromatic carbocycles. The molecule has 5 rings (SSSR count). The largest absolute Gasteiger partial charge is 0.508 e. The number of ketones is 1. The molecule has 0 spiro atoms. The van der Waals surface area contributed by atoms with Crippen LogP contribution in [0.15, 0.2) is 102 Å². The number of phenols is 1. The number of hydrogen-bond donors (Lipinski definition) is 2. The fraction of sp³-hybridized carbons (Fsp3) is 0.229. The fourth-order valence-electron chi connectivity index (χ4n) is 5.25. The van der Waals surface area contributed by atoms with Crippen LogP contribution in [-0.2, 0) is 21.8 Å². The number of carbonyl (C=O) groups excluding carboxylic acids is 1. The van der Waals surface area contributed by atoms with E-state index in [1.165, 1.54) is 18.2 Å². The van der Waals surface area contributed by atoms with E-state index in [2.05, 4.69) is 0 Å². The lowest BCUT2D eigenvalue weighted by Crippen LogP contribution is -2.11. The van der Waals surface area contributed by atoms with Crippen molar-refractivity contribution >= 4 is 27.7 Å². The average molecular weight is 621 g/mol. The number of halogens is 3. The van der Waals surface area contributed by atoms with Gasteiger partial charge in [0.2, 0.25) is 0 Å². The highest BCUT2D eigenvalue weighted by atomic mass is 32.2. The van der Waals surface area contributed by atoms with Gasteiger partial charge in [-0.05, 0) is 101 Å². The number of aromatic hydroxyl groups is 1. The average Bonchev–Trinajstić information content (AvgIpc) is 3.13. The highest BCUT2D eigenvalue weighted by molar-refractivity contribution is 7.85. The van der Waals surface area contributed by atoms with Crippen LogP contribution in [0.2, 0.25) is 0 Å². The number of carbonyl (C=O) groups is 1. The Bertz CT molecular complexity index is 1660. The van der Waals surface area contributed by atoms with E-state index in [1.807, 2.05) is 54.6 Å². The van der Waals surface area contributed by atoms with Gasteiger partial charge in [0.1, 0.15) is 17.6 Å². The minimum atomic E-state index is -4.42. The summed E-state index contributed by atoms with van der Waals surface area (Å²) in [5.74, 6) is 0.621. The van der Waals surface area contributed by atoms with Gasteiger partial charge in [0.15, 0.2) is 5.78 Å². The van der Waals surface area contributed by atoms with Crippen molar-refractivity contribution in [2.45, 2.75) is 42.9 Å². The van der Waals surface area contributed by atoms with Crippen molar-refractivity contribution in [3.05, 3.63) is 125 Å². The number of hydrogen-bond acceptors (Lipinski definition) is 5. The first-order chi connectivity index (χ1) is 21.1. The van der Waals surface area contributed by atoms with Crippen molar-refractivity contribution in [2.24, 2.45) is 0 Å². The monoisotopic (exact) mass is 620 g/mol. The molecule has 44 heavy (non-hydrogen) atoms. The van der Waals surface area contributed by atoms with Crippen LogP contribution in [0, 0.1) is 0 Å². The zero-order chi connectivity index (χ0) is 31.3. The lowest BCUT2D eigenvalue weighted by Gasteiger charge is -2.17. The Kier molecular flexibility index (Phi) is 9.66. The Morgan fingerprint density at radius 1 is 0.841 bits per heavy atom. The predicted molar refractivity (Wildman–Crippen MR) is 164 cm³/mol. The summed E-state index contributed by atoms with van der Waals surface area (Å²) in [6, 6.07) is 26.2. The maximum atomic E-state index is 13.0. The molecule has 1 aliphatic rings. The molecule has 4 aromatic rings. The first-order valence-corrected chi connectivity index (χ1v) is 15.5. The molecular weight excluding hydrogens is 589 g/mol. The Morgan fingerprint density at radius 2 is 1.55 bits per heavy atom.